The highest BCUT2D eigenvalue weighted by Gasteiger charge is 2.17. The molecular formula is C75H91NO. The lowest BCUT2D eigenvalue weighted by molar-refractivity contribution is 0.346. The Morgan fingerprint density at radius 2 is 1.49 bits per heavy atom. The molecule has 77 heavy (non-hydrogen) atoms. The number of rotatable bonds is 13. The average molecular weight is 1020 g/mol. The Kier molecular flexibility index (Phi) is 25.1. The fraction of sp³-hybridized carbons (Fsp3) is 0.333. The number of fused-ring (bicyclic) bond motifs is 2. The van der Waals surface area contributed by atoms with Crippen LogP contribution in [0.25, 0.3) is 27.8 Å². The van der Waals surface area contributed by atoms with Crippen molar-refractivity contribution in [3.05, 3.63) is 244 Å². The molecule has 0 amide bonds. The molecule has 8 rings (SSSR count). The van der Waals surface area contributed by atoms with E-state index >= 15 is 0 Å². The van der Waals surface area contributed by atoms with Crippen LogP contribution in [0.5, 0.6) is 5.75 Å². The Morgan fingerprint density at radius 3 is 2.19 bits per heavy atom. The van der Waals surface area contributed by atoms with Gasteiger partial charge in [0.15, 0.2) is 0 Å². The highest BCUT2D eigenvalue weighted by atomic mass is 16.5. The largest absolute Gasteiger partial charge is 0.489 e. The molecule has 3 aliphatic rings. The van der Waals surface area contributed by atoms with Crippen molar-refractivity contribution in [1.82, 2.24) is 0 Å². The zero-order chi connectivity index (χ0) is 55.7. The molecule has 0 atom stereocenters. The van der Waals surface area contributed by atoms with Gasteiger partial charge in [-0.3, -0.25) is 0 Å². The number of hydrogen-bond acceptors (Lipinski definition) is 2. The number of hydrogen-bond donors (Lipinski definition) is 0. The van der Waals surface area contributed by atoms with Crippen molar-refractivity contribution < 1.29 is 4.74 Å². The van der Waals surface area contributed by atoms with Gasteiger partial charge in [-0.15, -0.1) is 6.42 Å². The van der Waals surface area contributed by atoms with E-state index in [2.05, 4.69) is 225 Å². The van der Waals surface area contributed by atoms with Gasteiger partial charge in [0.1, 0.15) is 12.4 Å². The van der Waals surface area contributed by atoms with E-state index in [4.69, 9.17) is 11.2 Å². The summed E-state index contributed by atoms with van der Waals surface area (Å²) in [5.74, 6) is 5.76. The van der Waals surface area contributed by atoms with Gasteiger partial charge in [0.05, 0.1) is 0 Å². The van der Waals surface area contributed by atoms with Gasteiger partial charge >= 0.3 is 0 Å². The first kappa shape index (κ1) is 60.8. The third-order valence-corrected chi connectivity index (χ3v) is 14.3. The number of nitrogens with zero attached hydrogens (tertiary/aromatic N) is 1. The third-order valence-electron chi connectivity index (χ3n) is 14.3. The van der Waals surface area contributed by atoms with Crippen LogP contribution in [0.1, 0.15) is 158 Å². The van der Waals surface area contributed by atoms with Crippen LogP contribution in [-0.2, 0) is 19.3 Å². The Hall–Kier alpha value is -7.08. The van der Waals surface area contributed by atoms with E-state index in [1.165, 1.54) is 97.3 Å². The summed E-state index contributed by atoms with van der Waals surface area (Å²) in [4.78, 5) is 2.42. The van der Waals surface area contributed by atoms with E-state index in [1.54, 1.807) is 0 Å². The molecule has 5 aromatic rings. The molecule has 1 saturated carbocycles. The molecule has 5 aromatic carbocycles. The standard InChI is InChI=1S/C55H61N.C13H14O.C5H10.C2H6/c1-11-18-44(21-15-13-14-20-39(3)4)34-43(10)56-33-17-24-45(27-30-52-35-47(40(5)6)31-32-55(52)56)49-22-16-23-50(36-49)51-26-25-42(9)53(38-51)54-37-48(41(7)8)29-28-46(54)19-12-2;1-11-7-8-13-12(10-11)6-4-2-3-5-9-14-13;1-5-3-2-4-5;1-2/h1,13-18,20,22-29,31-32,34-38,40-41H,3,12,19,21,30,33H2,2,4-10H3;2-5,7-8,10H,6,9H2,1H3;5H,2-4H2,1H3;1-2H3/b15-13-,20-14-,24-17-,43-34+,44-18-,45-27+;4-2-,5-3-;;. The Labute approximate surface area is 468 Å². The maximum absolute atomic E-state index is 5.80. The van der Waals surface area contributed by atoms with Crippen LogP contribution in [0.4, 0.5) is 5.69 Å². The van der Waals surface area contributed by atoms with Gasteiger partial charge in [0.2, 0.25) is 0 Å². The zero-order valence-corrected chi connectivity index (χ0v) is 49.2. The summed E-state index contributed by atoms with van der Waals surface area (Å²) >= 11 is 0. The second-order valence-electron chi connectivity index (χ2n) is 21.4. The van der Waals surface area contributed by atoms with Crippen molar-refractivity contribution in [3.63, 3.8) is 0 Å². The topological polar surface area (TPSA) is 12.5 Å². The van der Waals surface area contributed by atoms with E-state index in [0.29, 0.717) is 18.4 Å². The second kappa shape index (κ2) is 31.8. The highest BCUT2D eigenvalue weighted by molar-refractivity contribution is 5.82. The predicted molar refractivity (Wildman–Crippen MR) is 340 cm³/mol. The average Bonchev–Trinajstić information content (AvgIpc) is 3.60. The van der Waals surface area contributed by atoms with Gasteiger partial charge in [-0.25, -0.2) is 0 Å². The third kappa shape index (κ3) is 18.9. The number of ether oxygens (including phenoxy) is 1. The summed E-state index contributed by atoms with van der Waals surface area (Å²) in [6.07, 6.45) is 42.6. The Morgan fingerprint density at radius 1 is 0.779 bits per heavy atom. The number of benzene rings is 5. The van der Waals surface area contributed by atoms with E-state index < -0.39 is 0 Å². The second-order valence-corrected chi connectivity index (χ2v) is 21.4. The first-order valence-electron chi connectivity index (χ1n) is 28.7. The van der Waals surface area contributed by atoms with E-state index in [0.717, 1.165) is 67.2 Å². The Balaban J connectivity index is 0.000000429. The van der Waals surface area contributed by atoms with Crippen LogP contribution >= 0.6 is 0 Å². The molecule has 0 N–H and O–H groups in total. The van der Waals surface area contributed by atoms with Crippen LogP contribution in [0.15, 0.2) is 199 Å². The smallest absolute Gasteiger partial charge is 0.123 e. The molecule has 0 bridgehead atoms. The molecule has 0 radical (unpaired) electrons. The fourth-order valence-electron chi connectivity index (χ4n) is 9.55. The lowest BCUT2D eigenvalue weighted by atomic mass is 9.88. The summed E-state index contributed by atoms with van der Waals surface area (Å²) in [5.41, 5.74) is 21.5. The summed E-state index contributed by atoms with van der Waals surface area (Å²) in [6.45, 7) is 31.6. The summed E-state index contributed by atoms with van der Waals surface area (Å²) < 4.78 is 5.64. The molecule has 0 saturated heterocycles. The van der Waals surface area contributed by atoms with E-state index in [1.807, 2.05) is 51.2 Å². The van der Waals surface area contributed by atoms with Crippen LogP contribution in [-0.4, -0.2) is 13.2 Å². The highest BCUT2D eigenvalue weighted by Crippen LogP contribution is 2.36. The maximum atomic E-state index is 5.80. The molecule has 2 aliphatic heterocycles. The van der Waals surface area contributed by atoms with E-state index in [9.17, 15) is 0 Å². The molecule has 2 nitrogen and oxygen atoms in total. The van der Waals surface area contributed by atoms with Gasteiger partial charge in [0.25, 0.3) is 0 Å². The minimum absolute atomic E-state index is 0.442. The molecule has 2 heteroatoms. The number of terminal acetylenes is 1. The predicted octanol–water partition coefficient (Wildman–Crippen LogP) is 20.9. The van der Waals surface area contributed by atoms with Crippen molar-refractivity contribution in [3.8, 4) is 40.3 Å². The Bertz CT molecular complexity index is 3010. The fourth-order valence-corrected chi connectivity index (χ4v) is 9.55. The van der Waals surface area contributed by atoms with Gasteiger partial charge in [-0.05, 0) is 186 Å². The van der Waals surface area contributed by atoms with Crippen molar-refractivity contribution in [2.24, 2.45) is 5.92 Å². The normalized spacial score (nSPS) is 16.5. The van der Waals surface area contributed by atoms with Crippen molar-refractivity contribution >= 4 is 11.3 Å². The van der Waals surface area contributed by atoms with Crippen LogP contribution < -0.4 is 9.64 Å². The molecule has 402 valence electrons. The molecular weight excluding hydrogens is 931 g/mol. The van der Waals surface area contributed by atoms with E-state index in [-0.39, 0.29) is 0 Å². The van der Waals surface area contributed by atoms with Crippen LogP contribution in [0.2, 0.25) is 0 Å². The van der Waals surface area contributed by atoms with Gasteiger partial charge in [-0.1, -0.05) is 238 Å². The number of aryl methyl sites for hydroxylation is 3. The van der Waals surface area contributed by atoms with Crippen molar-refractivity contribution in [2.45, 2.75) is 146 Å². The summed E-state index contributed by atoms with van der Waals surface area (Å²) in [6, 6.07) is 36.5. The lowest BCUT2D eigenvalue weighted by Gasteiger charge is -2.27. The minimum atomic E-state index is 0.442. The van der Waals surface area contributed by atoms with Gasteiger partial charge < -0.3 is 9.64 Å². The SMILES string of the molecule is C#C/C=C(\C=C(/C)N1C/C=C\C(c2cccc(-c3ccc(C)c(-c4cc(C(C)C)ccc4CCC)c3)c2)=C/Cc2cc(C(C)C)ccc21)C/C=C\C=C/C(=C)C.CC.CC1CCC1.Cc1ccc2c(c1)C/C=C\C=C/CO2. The molecule has 1 aliphatic carbocycles. The lowest BCUT2D eigenvalue weighted by Crippen LogP contribution is -2.22. The number of allylic oxidation sites excluding steroid dienone is 15. The molecule has 2 heterocycles. The first-order valence-corrected chi connectivity index (χ1v) is 28.7. The molecule has 0 unspecified atom stereocenters. The van der Waals surface area contributed by atoms with Crippen molar-refractivity contribution in [1.29, 1.82) is 0 Å². The molecule has 0 aromatic heterocycles. The molecule has 0 spiro atoms. The minimum Gasteiger partial charge on any atom is -0.489 e. The quantitative estimate of drug-likeness (QED) is 0.0861. The van der Waals surface area contributed by atoms with Gasteiger partial charge in [-0.2, -0.15) is 0 Å². The zero-order valence-electron chi connectivity index (χ0n) is 49.2. The first-order chi connectivity index (χ1) is 37.2. The summed E-state index contributed by atoms with van der Waals surface area (Å²) in [7, 11) is 0. The maximum Gasteiger partial charge on any atom is 0.123 e. The van der Waals surface area contributed by atoms with Crippen LogP contribution in [0.3, 0.4) is 0 Å². The summed E-state index contributed by atoms with van der Waals surface area (Å²) in [5, 5.41) is 0. The monoisotopic (exact) mass is 1020 g/mol. The van der Waals surface area contributed by atoms with Crippen LogP contribution in [0, 0.1) is 32.1 Å². The number of anilines is 1. The van der Waals surface area contributed by atoms with Gasteiger partial charge in [0, 0.05) is 17.9 Å². The molecule has 1 fully saturated rings. The van der Waals surface area contributed by atoms with Crippen molar-refractivity contribution in [2.75, 3.05) is 18.1 Å².